The second-order valence-electron chi connectivity index (χ2n) is 2.57. The molecule has 0 saturated carbocycles. The molecule has 68 valence electrons. The molecule has 0 N–H and O–H groups in total. The number of halogens is 1. The Hall–Kier alpha value is -0.0600. The van der Waals surface area contributed by atoms with Crippen molar-refractivity contribution in [2.75, 3.05) is 0 Å². The maximum Gasteiger partial charge on any atom is 0.235 e. The standard InChI is InChI=1S/C7H9ClO2S2/c1-6(12(8,9)10)5-7-3-2-4-11-7/h2-4,6H,5H2,1H3. The largest absolute Gasteiger partial charge is 0.235 e. The lowest BCUT2D eigenvalue weighted by Gasteiger charge is -2.04. The quantitative estimate of drug-likeness (QED) is 0.738. The van der Waals surface area contributed by atoms with E-state index in [2.05, 4.69) is 0 Å². The van der Waals surface area contributed by atoms with Gasteiger partial charge in [0.15, 0.2) is 0 Å². The monoisotopic (exact) mass is 224 g/mol. The molecular formula is C7H9ClO2S2. The Balaban J connectivity index is 2.66. The molecule has 5 heteroatoms. The fourth-order valence-corrected chi connectivity index (χ4v) is 2.32. The fraction of sp³-hybridized carbons (Fsp3) is 0.429. The van der Waals surface area contributed by atoms with E-state index >= 15 is 0 Å². The van der Waals surface area contributed by atoms with E-state index in [1.54, 1.807) is 18.3 Å². The molecule has 1 aromatic heterocycles. The van der Waals surface area contributed by atoms with E-state index in [1.165, 1.54) is 0 Å². The molecule has 0 amide bonds. The van der Waals surface area contributed by atoms with Crippen molar-refractivity contribution in [3.8, 4) is 0 Å². The van der Waals surface area contributed by atoms with Gasteiger partial charge in [0.25, 0.3) is 0 Å². The average Bonchev–Trinajstić information content (AvgIpc) is 2.37. The first-order chi connectivity index (χ1) is 5.50. The molecule has 1 unspecified atom stereocenters. The second-order valence-corrected chi connectivity index (χ2v) is 6.65. The highest BCUT2D eigenvalue weighted by molar-refractivity contribution is 8.14. The molecular weight excluding hydrogens is 216 g/mol. The summed E-state index contributed by atoms with van der Waals surface area (Å²) in [4.78, 5) is 1.05. The zero-order valence-corrected chi connectivity index (χ0v) is 8.92. The smallest absolute Gasteiger partial charge is 0.212 e. The summed E-state index contributed by atoms with van der Waals surface area (Å²) in [6.07, 6.45) is 0.503. The van der Waals surface area contributed by atoms with E-state index in [4.69, 9.17) is 10.7 Å². The van der Waals surface area contributed by atoms with Gasteiger partial charge in [-0.1, -0.05) is 6.07 Å². The Morgan fingerprint density at radius 2 is 2.33 bits per heavy atom. The summed E-state index contributed by atoms with van der Waals surface area (Å²) in [5, 5.41) is 1.42. The minimum Gasteiger partial charge on any atom is -0.212 e. The Morgan fingerprint density at radius 1 is 1.67 bits per heavy atom. The van der Waals surface area contributed by atoms with Crippen LogP contribution in [-0.2, 0) is 15.5 Å². The third-order valence-electron chi connectivity index (χ3n) is 1.55. The molecule has 1 heterocycles. The third-order valence-corrected chi connectivity index (χ3v) is 4.49. The van der Waals surface area contributed by atoms with Crippen LogP contribution in [0.2, 0.25) is 0 Å². The Morgan fingerprint density at radius 3 is 2.75 bits per heavy atom. The van der Waals surface area contributed by atoms with E-state index in [9.17, 15) is 8.42 Å². The molecule has 2 nitrogen and oxygen atoms in total. The number of hydrogen-bond donors (Lipinski definition) is 0. The summed E-state index contributed by atoms with van der Waals surface area (Å²) in [6.45, 7) is 1.61. The molecule has 0 aliphatic carbocycles. The predicted octanol–water partition coefficient (Wildman–Crippen LogP) is 2.25. The minimum atomic E-state index is -3.40. The van der Waals surface area contributed by atoms with Gasteiger partial charge in [0.2, 0.25) is 9.05 Å². The first kappa shape index (κ1) is 10.0. The van der Waals surface area contributed by atoms with Crippen molar-refractivity contribution in [3.05, 3.63) is 22.4 Å². The zero-order chi connectivity index (χ0) is 9.19. The molecule has 1 rings (SSSR count). The minimum absolute atomic E-state index is 0.502. The zero-order valence-electron chi connectivity index (χ0n) is 6.53. The molecule has 0 radical (unpaired) electrons. The van der Waals surface area contributed by atoms with Crippen LogP contribution < -0.4 is 0 Å². The van der Waals surface area contributed by atoms with Gasteiger partial charge in [-0.3, -0.25) is 0 Å². The van der Waals surface area contributed by atoms with Crippen molar-refractivity contribution >= 4 is 31.1 Å². The normalized spacial score (nSPS) is 14.5. The van der Waals surface area contributed by atoms with Crippen LogP contribution in [-0.4, -0.2) is 13.7 Å². The maximum atomic E-state index is 10.8. The highest BCUT2D eigenvalue weighted by atomic mass is 35.7. The summed E-state index contributed by atoms with van der Waals surface area (Å²) in [6, 6.07) is 3.80. The lowest BCUT2D eigenvalue weighted by molar-refractivity contribution is 0.597. The lowest BCUT2D eigenvalue weighted by atomic mass is 10.3. The van der Waals surface area contributed by atoms with Crippen LogP contribution in [0.4, 0.5) is 0 Å². The van der Waals surface area contributed by atoms with Crippen LogP contribution in [0.3, 0.4) is 0 Å². The van der Waals surface area contributed by atoms with E-state index in [-0.39, 0.29) is 0 Å². The van der Waals surface area contributed by atoms with Gasteiger partial charge in [0.05, 0.1) is 5.25 Å². The summed E-state index contributed by atoms with van der Waals surface area (Å²) >= 11 is 1.54. The van der Waals surface area contributed by atoms with E-state index in [1.807, 2.05) is 17.5 Å². The number of rotatable bonds is 3. The van der Waals surface area contributed by atoms with Gasteiger partial charge in [0, 0.05) is 15.6 Å². The Labute approximate surface area is 80.6 Å². The molecule has 1 atom stereocenters. The SMILES string of the molecule is CC(Cc1cccs1)S(=O)(=O)Cl. The number of hydrogen-bond acceptors (Lipinski definition) is 3. The van der Waals surface area contributed by atoms with Gasteiger partial charge >= 0.3 is 0 Å². The summed E-state index contributed by atoms with van der Waals surface area (Å²) in [5.41, 5.74) is 0. The van der Waals surface area contributed by atoms with Gasteiger partial charge < -0.3 is 0 Å². The van der Waals surface area contributed by atoms with Crippen molar-refractivity contribution in [1.82, 2.24) is 0 Å². The van der Waals surface area contributed by atoms with Crippen molar-refractivity contribution in [2.45, 2.75) is 18.6 Å². The van der Waals surface area contributed by atoms with Crippen LogP contribution in [0, 0.1) is 0 Å². The maximum absolute atomic E-state index is 10.8. The highest BCUT2D eigenvalue weighted by Gasteiger charge is 2.17. The average molecular weight is 225 g/mol. The summed E-state index contributed by atoms with van der Waals surface area (Å²) < 4.78 is 21.7. The number of thiophene rings is 1. The van der Waals surface area contributed by atoms with Gasteiger partial charge in [-0.05, 0) is 24.8 Å². The molecule has 0 aliphatic rings. The molecule has 12 heavy (non-hydrogen) atoms. The first-order valence-electron chi connectivity index (χ1n) is 3.46. The molecule has 1 aromatic rings. The first-order valence-corrected chi connectivity index (χ1v) is 6.71. The van der Waals surface area contributed by atoms with Crippen molar-refractivity contribution in [3.63, 3.8) is 0 Å². The van der Waals surface area contributed by atoms with Crippen molar-refractivity contribution < 1.29 is 8.42 Å². The van der Waals surface area contributed by atoms with Crippen LogP contribution in [0.25, 0.3) is 0 Å². The Kier molecular flexibility index (Phi) is 3.15. The molecule has 0 bridgehead atoms. The van der Waals surface area contributed by atoms with E-state index < -0.39 is 14.3 Å². The van der Waals surface area contributed by atoms with Gasteiger partial charge in [0.1, 0.15) is 0 Å². The van der Waals surface area contributed by atoms with Crippen LogP contribution in [0.15, 0.2) is 17.5 Å². The van der Waals surface area contributed by atoms with Crippen LogP contribution >= 0.6 is 22.0 Å². The fourth-order valence-electron chi connectivity index (χ4n) is 0.812. The van der Waals surface area contributed by atoms with E-state index in [0.717, 1.165) is 4.88 Å². The highest BCUT2D eigenvalue weighted by Crippen LogP contribution is 2.16. The molecule has 0 saturated heterocycles. The predicted molar refractivity (Wildman–Crippen MR) is 52.3 cm³/mol. The molecule has 0 fully saturated rings. The van der Waals surface area contributed by atoms with Gasteiger partial charge in [-0.15, -0.1) is 11.3 Å². The van der Waals surface area contributed by atoms with Crippen LogP contribution in [0.5, 0.6) is 0 Å². The summed E-state index contributed by atoms with van der Waals surface area (Å²) in [7, 11) is 1.78. The van der Waals surface area contributed by atoms with Crippen molar-refractivity contribution in [1.29, 1.82) is 0 Å². The second kappa shape index (κ2) is 3.77. The molecule has 0 aliphatic heterocycles. The topological polar surface area (TPSA) is 34.1 Å². The summed E-state index contributed by atoms with van der Waals surface area (Å²) in [5.74, 6) is 0. The van der Waals surface area contributed by atoms with Gasteiger partial charge in [-0.2, -0.15) is 0 Å². The lowest BCUT2D eigenvalue weighted by Crippen LogP contribution is -2.13. The van der Waals surface area contributed by atoms with Crippen molar-refractivity contribution in [2.24, 2.45) is 0 Å². The van der Waals surface area contributed by atoms with Crippen LogP contribution in [0.1, 0.15) is 11.8 Å². The molecule has 0 aromatic carbocycles. The Bertz CT molecular complexity index is 328. The van der Waals surface area contributed by atoms with E-state index in [0.29, 0.717) is 6.42 Å². The molecule has 0 spiro atoms. The van der Waals surface area contributed by atoms with Gasteiger partial charge in [-0.25, -0.2) is 8.42 Å². The third kappa shape index (κ3) is 2.77.